The van der Waals surface area contributed by atoms with Crippen LogP contribution in [0.2, 0.25) is 0 Å². The number of carbonyl (C=O) groups excluding carboxylic acids is 6. The molecule has 0 aromatic heterocycles. The smallest absolute Gasteiger partial charge is 0.0414 e. The van der Waals surface area contributed by atoms with Crippen molar-refractivity contribution in [1.29, 1.82) is 0 Å². The molecule has 0 aliphatic heterocycles. The molecule has 0 spiro atoms. The van der Waals surface area contributed by atoms with Crippen LogP contribution in [0.15, 0.2) is 75.9 Å². The molecule has 0 saturated carbocycles. The summed E-state index contributed by atoms with van der Waals surface area (Å²) in [6.07, 6.45) is 59.0. The predicted molar refractivity (Wildman–Crippen MR) is 313 cm³/mol. The second-order valence-corrected chi connectivity index (χ2v) is 19.9. The van der Waals surface area contributed by atoms with Crippen molar-refractivity contribution in [3.05, 3.63) is 75.9 Å². The van der Waals surface area contributed by atoms with E-state index in [0.717, 1.165) is 154 Å². The predicted octanol–water partition coefficient (Wildman–Crippen LogP) is 12.3. The summed E-state index contributed by atoms with van der Waals surface area (Å²) in [4.78, 5) is 60.3. The Balaban J connectivity index is -0.000000157. The van der Waals surface area contributed by atoms with Gasteiger partial charge >= 0.3 is 0 Å². The van der Waals surface area contributed by atoms with Crippen LogP contribution in [-0.4, -0.2) is 35.8 Å². The molecule has 0 saturated heterocycles. The van der Waals surface area contributed by atoms with E-state index < -0.39 is 35.8 Å². The molecule has 0 aliphatic rings. The summed E-state index contributed by atoms with van der Waals surface area (Å²) < 4.78 is 0. The molecule has 0 atom stereocenters. The zero-order chi connectivity index (χ0) is 59.6. The summed E-state index contributed by atoms with van der Waals surface area (Å²) in [5.41, 5.74) is 0. The van der Waals surface area contributed by atoms with Gasteiger partial charge in [0.25, 0.3) is 0 Å². The van der Waals surface area contributed by atoms with Gasteiger partial charge in [-0.2, -0.15) is 0 Å². The summed E-state index contributed by atoms with van der Waals surface area (Å²) in [5.74, 6) is -5.55. The van der Waals surface area contributed by atoms with Gasteiger partial charge < -0.3 is 59.4 Å². The Morgan fingerprint density at radius 1 is 0.190 bits per heavy atom. The first-order valence-electron chi connectivity index (χ1n) is 30.5. The molecule has 0 heterocycles. The summed E-state index contributed by atoms with van der Waals surface area (Å²) in [6.45, 7) is 21.9. The van der Waals surface area contributed by atoms with Crippen LogP contribution in [0.4, 0.5) is 0 Å². The Bertz CT molecular complexity index is 1120. The van der Waals surface area contributed by atoms with E-state index in [4.69, 9.17) is 0 Å². The van der Waals surface area contributed by atoms with Crippen molar-refractivity contribution < 1.29 is 80.5 Å². The Kier molecular flexibility index (Phi) is 95.8. The van der Waals surface area contributed by atoms with Crippen molar-refractivity contribution in [1.82, 2.24) is 0 Å². The van der Waals surface area contributed by atoms with Crippen LogP contribution in [0.3, 0.4) is 0 Å². The van der Waals surface area contributed by atoms with Crippen molar-refractivity contribution in [2.75, 3.05) is 0 Å². The average molecular weight is 1200 g/mol. The third-order valence-electron chi connectivity index (χ3n) is 12.2. The first-order valence-corrected chi connectivity index (χ1v) is 30.5. The van der Waals surface area contributed by atoms with E-state index in [0.29, 0.717) is 0 Å². The van der Waals surface area contributed by atoms with Gasteiger partial charge in [0.05, 0.1) is 0 Å². The fraction of sp³-hybridized carbons (Fsp3) is 0.727. The number of aliphatic carboxylic acids is 6. The third-order valence-corrected chi connectivity index (χ3v) is 12.2. The quantitative estimate of drug-likeness (QED) is 0.0314. The summed E-state index contributed by atoms with van der Waals surface area (Å²) in [5, 5.41) is 60.3. The summed E-state index contributed by atoms with van der Waals surface area (Å²) in [7, 11) is 0. The van der Waals surface area contributed by atoms with E-state index in [1.54, 1.807) is 0 Å². The van der Waals surface area contributed by atoms with Gasteiger partial charge in [-0.1, -0.05) is 191 Å². The van der Waals surface area contributed by atoms with Crippen LogP contribution in [0.5, 0.6) is 0 Å². The van der Waals surface area contributed by atoms with Gasteiger partial charge in [0, 0.05) is 56.9 Å². The zero-order valence-electron chi connectivity index (χ0n) is 50.0. The molecule has 0 unspecified atom stereocenters. The second kappa shape index (κ2) is 85.2. The molecule has 0 bridgehead atoms. The molecule has 0 aliphatic carbocycles. The Hall–Kier alpha value is -4.05. The van der Waals surface area contributed by atoms with Crippen LogP contribution in [0.25, 0.3) is 0 Å². The third kappa shape index (κ3) is 122. The molecule has 0 rings (SSSR count). The SMILES string of the molecule is C=CCCCCCCCCC(=O)[O-].C=CCCCCCCCCC(=O)[O-].C=CCCCCCCCCC(=O)[O-].C=CCCCCCCCCC(=O)[O-].C=CCCCCCCCCC(=O)[O-].C=CCCCCCCCCC(=O)[O-].[Mo]. The topological polar surface area (TPSA) is 241 Å². The first kappa shape index (κ1) is 88.8. The summed E-state index contributed by atoms with van der Waals surface area (Å²) in [6, 6.07) is 0. The van der Waals surface area contributed by atoms with Gasteiger partial charge in [0.1, 0.15) is 0 Å². The van der Waals surface area contributed by atoms with Gasteiger partial charge in [-0.25, -0.2) is 0 Å². The number of carboxylic acid groups (broad SMARTS) is 6. The van der Waals surface area contributed by atoms with Crippen LogP contribution < -0.4 is 30.6 Å². The normalized spacial score (nSPS) is 9.72. The van der Waals surface area contributed by atoms with Gasteiger partial charge in [0.15, 0.2) is 0 Å². The number of hydrogen-bond acceptors (Lipinski definition) is 12. The van der Waals surface area contributed by atoms with Crippen molar-refractivity contribution >= 4 is 35.8 Å². The molecule has 0 amide bonds. The Labute approximate surface area is 497 Å². The molecule has 12 nitrogen and oxygen atoms in total. The van der Waals surface area contributed by atoms with E-state index in [-0.39, 0.29) is 59.6 Å². The van der Waals surface area contributed by atoms with Gasteiger partial charge in [-0.05, 0) is 154 Å². The Morgan fingerprint density at radius 2 is 0.278 bits per heavy atom. The molecule has 0 aromatic rings. The minimum Gasteiger partial charge on any atom is -0.550 e. The monoisotopic (exact) mass is 1200 g/mol. The number of carbonyl (C=O) groups is 6. The van der Waals surface area contributed by atoms with Crippen molar-refractivity contribution in [3.8, 4) is 0 Å². The molecule has 0 aromatic carbocycles. The maximum atomic E-state index is 10.1. The van der Waals surface area contributed by atoms with Crippen molar-refractivity contribution in [2.24, 2.45) is 0 Å². The van der Waals surface area contributed by atoms with Crippen LogP contribution in [0, 0.1) is 0 Å². The molecule has 0 N–H and O–H groups in total. The summed E-state index contributed by atoms with van der Waals surface area (Å²) >= 11 is 0. The molecule has 462 valence electrons. The molecular weight excluding hydrogens is 1080 g/mol. The van der Waals surface area contributed by atoms with Gasteiger partial charge in [0.2, 0.25) is 0 Å². The van der Waals surface area contributed by atoms with E-state index in [2.05, 4.69) is 39.5 Å². The number of hydrogen-bond donors (Lipinski definition) is 0. The van der Waals surface area contributed by atoms with Crippen LogP contribution >= 0.6 is 0 Å². The van der Waals surface area contributed by atoms with E-state index in [9.17, 15) is 59.4 Å². The minimum absolute atomic E-state index is 0. The van der Waals surface area contributed by atoms with E-state index >= 15 is 0 Å². The van der Waals surface area contributed by atoms with E-state index in [1.807, 2.05) is 36.5 Å². The van der Waals surface area contributed by atoms with Crippen LogP contribution in [0.1, 0.15) is 308 Å². The number of allylic oxidation sites excluding steroid dienone is 6. The number of carboxylic acids is 6. The van der Waals surface area contributed by atoms with Gasteiger partial charge in [-0.15, -0.1) is 39.5 Å². The Morgan fingerprint density at radius 3 is 0.367 bits per heavy atom. The molecular formula is C66H114MoO12-6. The van der Waals surface area contributed by atoms with E-state index in [1.165, 1.54) is 116 Å². The average Bonchev–Trinajstić information content (AvgIpc) is 3.39. The fourth-order valence-corrected chi connectivity index (χ4v) is 7.59. The maximum absolute atomic E-state index is 10.1. The first-order chi connectivity index (χ1) is 37.6. The molecule has 13 heteroatoms. The van der Waals surface area contributed by atoms with Crippen molar-refractivity contribution in [3.63, 3.8) is 0 Å². The molecule has 79 heavy (non-hydrogen) atoms. The fourth-order valence-electron chi connectivity index (χ4n) is 7.59. The van der Waals surface area contributed by atoms with Gasteiger partial charge in [-0.3, -0.25) is 0 Å². The van der Waals surface area contributed by atoms with Crippen LogP contribution in [-0.2, 0) is 49.8 Å². The number of rotatable bonds is 54. The molecule has 0 radical (unpaired) electrons. The maximum Gasteiger partial charge on any atom is 0.0414 e. The number of unbranched alkanes of at least 4 members (excludes halogenated alkanes) is 36. The van der Waals surface area contributed by atoms with Crippen molar-refractivity contribution in [2.45, 2.75) is 308 Å². The minimum atomic E-state index is -0.924. The standard InChI is InChI=1S/6C11H20O2.Mo/c6*1-2-3-4-5-6-7-8-9-10-11(12)13;/h6*2H,1,3-10H2,(H,12,13);/p-6. The largest absolute Gasteiger partial charge is 0.550 e. The second-order valence-electron chi connectivity index (χ2n) is 19.9. The zero-order valence-corrected chi connectivity index (χ0v) is 52.0. The molecule has 0 fully saturated rings.